The maximum absolute atomic E-state index is 11.8. The molecule has 1 rings (SSSR count). The van der Waals surface area contributed by atoms with E-state index in [-0.39, 0.29) is 24.6 Å². The lowest BCUT2D eigenvalue weighted by atomic mass is 10.1. The molecule has 0 saturated carbocycles. The highest BCUT2D eigenvalue weighted by Crippen LogP contribution is 2.24. The fourth-order valence-electron chi connectivity index (χ4n) is 2.06. The van der Waals surface area contributed by atoms with Gasteiger partial charge >= 0.3 is 0 Å². The van der Waals surface area contributed by atoms with E-state index in [2.05, 4.69) is 19.2 Å². The molecular formula is C16H26N2O2. The van der Waals surface area contributed by atoms with Crippen LogP contribution in [0.3, 0.4) is 0 Å². The van der Waals surface area contributed by atoms with Gasteiger partial charge in [0.2, 0.25) is 0 Å². The molecule has 0 aliphatic carbocycles. The Morgan fingerprint density at radius 2 is 2.00 bits per heavy atom. The van der Waals surface area contributed by atoms with Crippen molar-refractivity contribution >= 4 is 5.91 Å². The number of rotatable bonds is 7. The molecule has 1 aromatic rings. The van der Waals surface area contributed by atoms with Crippen LogP contribution < -0.4 is 15.8 Å². The van der Waals surface area contributed by atoms with E-state index in [4.69, 9.17) is 10.5 Å². The van der Waals surface area contributed by atoms with E-state index < -0.39 is 0 Å². The third kappa shape index (κ3) is 4.85. The normalized spacial score (nSPS) is 12.3. The number of aryl methyl sites for hydroxylation is 1. The van der Waals surface area contributed by atoms with Crippen LogP contribution in [-0.4, -0.2) is 18.6 Å². The zero-order valence-corrected chi connectivity index (χ0v) is 12.9. The molecule has 4 heteroatoms. The zero-order chi connectivity index (χ0) is 15.1. The molecule has 3 N–H and O–H groups in total. The second-order valence-corrected chi connectivity index (χ2v) is 5.20. The number of nitrogens with one attached hydrogen (secondary N) is 1. The number of ether oxygens (including phenoxy) is 1. The van der Waals surface area contributed by atoms with Crippen molar-refractivity contribution in [1.82, 2.24) is 5.32 Å². The predicted molar refractivity (Wildman–Crippen MR) is 81.8 cm³/mol. The quantitative estimate of drug-likeness (QED) is 0.806. The minimum absolute atomic E-state index is 0.0271. The average molecular weight is 278 g/mol. The Balaban J connectivity index is 2.63. The number of nitrogens with two attached hydrogens (primary N) is 1. The van der Waals surface area contributed by atoms with Gasteiger partial charge in [0, 0.05) is 17.6 Å². The van der Waals surface area contributed by atoms with E-state index in [1.807, 2.05) is 32.0 Å². The van der Waals surface area contributed by atoms with Gasteiger partial charge in [0.1, 0.15) is 5.75 Å². The molecule has 1 aromatic carbocycles. The van der Waals surface area contributed by atoms with Gasteiger partial charge in [-0.25, -0.2) is 0 Å². The fraction of sp³-hybridized carbons (Fsp3) is 0.562. The van der Waals surface area contributed by atoms with E-state index in [9.17, 15) is 4.79 Å². The summed E-state index contributed by atoms with van der Waals surface area (Å²) in [5, 5.41) is 2.95. The van der Waals surface area contributed by atoms with Gasteiger partial charge in [0.25, 0.3) is 5.91 Å². The summed E-state index contributed by atoms with van der Waals surface area (Å²) in [7, 11) is 0. The van der Waals surface area contributed by atoms with E-state index in [1.54, 1.807) is 0 Å². The lowest BCUT2D eigenvalue weighted by Gasteiger charge is -2.17. The van der Waals surface area contributed by atoms with Gasteiger partial charge in [0.05, 0.1) is 0 Å². The standard InChI is InChI=1S/C16H26N2O2/c1-5-13(6-2)18-16(19)10-20-15-8-7-11(3)9-14(15)12(4)17/h7-9,12-13H,5-6,10,17H2,1-4H3,(H,18,19). The van der Waals surface area contributed by atoms with Gasteiger partial charge in [0.15, 0.2) is 6.61 Å². The first-order valence-electron chi connectivity index (χ1n) is 7.26. The topological polar surface area (TPSA) is 64.3 Å². The second-order valence-electron chi connectivity index (χ2n) is 5.20. The van der Waals surface area contributed by atoms with Crippen LogP contribution >= 0.6 is 0 Å². The Hall–Kier alpha value is -1.55. The summed E-state index contributed by atoms with van der Waals surface area (Å²) in [4.78, 5) is 11.8. The Labute approximate surface area is 121 Å². The molecule has 0 spiro atoms. The molecule has 0 heterocycles. The molecule has 0 fully saturated rings. The molecule has 0 radical (unpaired) electrons. The van der Waals surface area contributed by atoms with Crippen molar-refractivity contribution in [2.45, 2.75) is 52.6 Å². The highest BCUT2D eigenvalue weighted by atomic mass is 16.5. The molecule has 0 saturated heterocycles. The molecule has 4 nitrogen and oxygen atoms in total. The van der Waals surface area contributed by atoms with E-state index in [1.165, 1.54) is 0 Å². The average Bonchev–Trinajstić information content (AvgIpc) is 2.43. The highest BCUT2D eigenvalue weighted by molar-refractivity contribution is 5.77. The van der Waals surface area contributed by atoms with Crippen LogP contribution in [0.5, 0.6) is 5.75 Å². The number of carbonyl (C=O) groups excluding carboxylic acids is 1. The first-order chi connectivity index (χ1) is 9.47. The fourth-order valence-corrected chi connectivity index (χ4v) is 2.06. The molecular weight excluding hydrogens is 252 g/mol. The second kappa shape index (κ2) is 7.90. The Morgan fingerprint density at radius 3 is 2.55 bits per heavy atom. The van der Waals surface area contributed by atoms with Crippen molar-refractivity contribution in [1.29, 1.82) is 0 Å². The summed E-state index contributed by atoms with van der Waals surface area (Å²) in [6.07, 6.45) is 1.86. The molecule has 0 bridgehead atoms. The van der Waals surface area contributed by atoms with Crippen LogP contribution in [0.4, 0.5) is 0 Å². The number of amides is 1. The summed E-state index contributed by atoms with van der Waals surface area (Å²) in [5.41, 5.74) is 7.99. The Kier molecular flexibility index (Phi) is 6.52. The molecule has 20 heavy (non-hydrogen) atoms. The molecule has 0 aromatic heterocycles. The number of hydrogen-bond acceptors (Lipinski definition) is 3. The number of hydrogen-bond donors (Lipinski definition) is 2. The summed E-state index contributed by atoms with van der Waals surface area (Å²) >= 11 is 0. The monoisotopic (exact) mass is 278 g/mol. The first kappa shape index (κ1) is 16.5. The highest BCUT2D eigenvalue weighted by Gasteiger charge is 2.12. The summed E-state index contributed by atoms with van der Waals surface area (Å²) < 4.78 is 5.61. The van der Waals surface area contributed by atoms with Gasteiger partial charge in [-0.3, -0.25) is 4.79 Å². The van der Waals surface area contributed by atoms with Crippen molar-refractivity contribution in [2.75, 3.05) is 6.61 Å². The van der Waals surface area contributed by atoms with Gasteiger partial charge in [-0.2, -0.15) is 0 Å². The van der Waals surface area contributed by atoms with Crippen molar-refractivity contribution in [3.05, 3.63) is 29.3 Å². The lowest BCUT2D eigenvalue weighted by Crippen LogP contribution is -2.37. The first-order valence-corrected chi connectivity index (χ1v) is 7.26. The molecule has 0 aliphatic heterocycles. The third-order valence-corrected chi connectivity index (χ3v) is 3.37. The number of carbonyl (C=O) groups is 1. The zero-order valence-electron chi connectivity index (χ0n) is 12.9. The lowest BCUT2D eigenvalue weighted by molar-refractivity contribution is -0.123. The van der Waals surface area contributed by atoms with Gasteiger partial charge in [-0.05, 0) is 32.8 Å². The summed E-state index contributed by atoms with van der Waals surface area (Å²) in [6, 6.07) is 5.93. The minimum Gasteiger partial charge on any atom is -0.483 e. The SMILES string of the molecule is CCC(CC)NC(=O)COc1ccc(C)cc1C(C)N. The van der Waals surface area contributed by atoms with Crippen LogP contribution in [0.15, 0.2) is 18.2 Å². The van der Waals surface area contributed by atoms with Gasteiger partial charge < -0.3 is 15.8 Å². The Bertz CT molecular complexity index is 440. The molecule has 1 unspecified atom stereocenters. The summed E-state index contributed by atoms with van der Waals surface area (Å²) in [5.74, 6) is 0.597. The van der Waals surface area contributed by atoms with Crippen molar-refractivity contribution in [2.24, 2.45) is 5.73 Å². The van der Waals surface area contributed by atoms with Gasteiger partial charge in [-0.15, -0.1) is 0 Å². The van der Waals surface area contributed by atoms with E-state index in [0.717, 1.165) is 24.0 Å². The van der Waals surface area contributed by atoms with Gasteiger partial charge in [-0.1, -0.05) is 31.5 Å². The number of benzene rings is 1. The molecule has 1 atom stereocenters. The minimum atomic E-state index is -0.119. The van der Waals surface area contributed by atoms with E-state index >= 15 is 0 Å². The van der Waals surface area contributed by atoms with E-state index in [0.29, 0.717) is 5.75 Å². The smallest absolute Gasteiger partial charge is 0.258 e. The van der Waals surface area contributed by atoms with Crippen LogP contribution in [0.1, 0.15) is 50.8 Å². The largest absolute Gasteiger partial charge is 0.483 e. The van der Waals surface area contributed by atoms with Crippen LogP contribution in [0.25, 0.3) is 0 Å². The summed E-state index contributed by atoms with van der Waals surface area (Å²) in [6.45, 7) is 8.06. The molecule has 1 amide bonds. The van der Waals surface area contributed by atoms with Crippen LogP contribution in [0.2, 0.25) is 0 Å². The van der Waals surface area contributed by atoms with Crippen LogP contribution in [-0.2, 0) is 4.79 Å². The molecule has 0 aliphatic rings. The Morgan fingerprint density at radius 1 is 1.35 bits per heavy atom. The van der Waals surface area contributed by atoms with Crippen molar-refractivity contribution in [3.63, 3.8) is 0 Å². The van der Waals surface area contributed by atoms with Crippen LogP contribution in [0, 0.1) is 6.92 Å². The third-order valence-electron chi connectivity index (χ3n) is 3.37. The molecule has 112 valence electrons. The maximum Gasteiger partial charge on any atom is 0.258 e. The van der Waals surface area contributed by atoms with Crippen molar-refractivity contribution < 1.29 is 9.53 Å². The maximum atomic E-state index is 11.8. The predicted octanol–water partition coefficient (Wildman–Crippen LogP) is 2.70. The van der Waals surface area contributed by atoms with Crippen molar-refractivity contribution in [3.8, 4) is 5.75 Å².